The Bertz CT molecular complexity index is 932. The second-order valence-electron chi connectivity index (χ2n) is 9.26. The van der Waals surface area contributed by atoms with Gasteiger partial charge in [0.05, 0.1) is 0 Å². The van der Waals surface area contributed by atoms with Gasteiger partial charge in [-0.05, 0) is 133 Å². The van der Waals surface area contributed by atoms with Crippen LogP contribution in [-0.2, 0) is 51.4 Å². The standard InChI is InChI=1S/C28H30/c1-3-9-23-19(7-1)17-21(25-11-5-13-27(23)25)15-16-22-18-20-8-2-4-10-24(20)28-14-6-12-26(22)28/h5-6,11-12,17-18H,1-4,7-10,13-16H2. The Balaban J connectivity index is 1.35. The summed E-state index contributed by atoms with van der Waals surface area (Å²) < 4.78 is 0. The molecule has 0 aliphatic heterocycles. The number of fused-ring (bicyclic) bond motifs is 6. The van der Waals surface area contributed by atoms with Crippen molar-refractivity contribution in [3.05, 3.63) is 79.9 Å². The van der Waals surface area contributed by atoms with E-state index in [4.69, 9.17) is 0 Å². The molecule has 0 fully saturated rings. The summed E-state index contributed by atoms with van der Waals surface area (Å²) in [7, 11) is 0. The smallest absolute Gasteiger partial charge is 0.00852 e. The maximum Gasteiger partial charge on any atom is -0.00852 e. The van der Waals surface area contributed by atoms with Crippen molar-refractivity contribution < 1.29 is 0 Å². The van der Waals surface area contributed by atoms with Crippen molar-refractivity contribution in [1.82, 2.24) is 0 Å². The van der Waals surface area contributed by atoms with Crippen molar-refractivity contribution >= 4 is 12.2 Å². The van der Waals surface area contributed by atoms with Gasteiger partial charge < -0.3 is 0 Å². The van der Waals surface area contributed by atoms with Crippen LogP contribution in [0.25, 0.3) is 12.2 Å². The molecule has 0 aromatic heterocycles. The molecular formula is C28H30. The van der Waals surface area contributed by atoms with Gasteiger partial charge in [-0.25, -0.2) is 0 Å². The number of rotatable bonds is 3. The van der Waals surface area contributed by atoms with Crippen LogP contribution in [0.5, 0.6) is 0 Å². The largest absolute Gasteiger partial charge is 0.0795 e. The zero-order chi connectivity index (χ0) is 18.5. The van der Waals surface area contributed by atoms with Gasteiger partial charge in [-0.15, -0.1) is 0 Å². The van der Waals surface area contributed by atoms with Crippen LogP contribution in [0.2, 0.25) is 0 Å². The second-order valence-corrected chi connectivity index (χ2v) is 9.26. The highest BCUT2D eigenvalue weighted by Gasteiger charge is 2.23. The van der Waals surface area contributed by atoms with Crippen LogP contribution in [0, 0.1) is 0 Å². The van der Waals surface area contributed by atoms with Crippen molar-refractivity contribution in [3.63, 3.8) is 0 Å². The van der Waals surface area contributed by atoms with Crippen LogP contribution in [0.3, 0.4) is 0 Å². The third-order valence-corrected chi connectivity index (χ3v) is 7.67. The van der Waals surface area contributed by atoms with Crippen molar-refractivity contribution in [3.8, 4) is 0 Å². The van der Waals surface area contributed by atoms with Crippen LogP contribution in [0.4, 0.5) is 0 Å². The molecule has 2 aromatic rings. The van der Waals surface area contributed by atoms with Gasteiger partial charge in [-0.1, -0.05) is 36.4 Å². The average molecular weight is 367 g/mol. The van der Waals surface area contributed by atoms with Crippen molar-refractivity contribution in [1.29, 1.82) is 0 Å². The minimum Gasteiger partial charge on any atom is -0.0795 e. The summed E-state index contributed by atoms with van der Waals surface area (Å²) in [5.41, 5.74) is 16.4. The first-order chi connectivity index (χ1) is 13.9. The summed E-state index contributed by atoms with van der Waals surface area (Å²) >= 11 is 0. The van der Waals surface area contributed by atoms with Gasteiger partial charge in [-0.3, -0.25) is 0 Å². The molecule has 28 heavy (non-hydrogen) atoms. The molecule has 0 spiro atoms. The third-order valence-electron chi connectivity index (χ3n) is 7.67. The van der Waals surface area contributed by atoms with Crippen molar-refractivity contribution in [2.45, 2.75) is 77.0 Å². The third kappa shape index (κ3) is 2.65. The van der Waals surface area contributed by atoms with E-state index in [0.717, 1.165) is 0 Å². The minimum absolute atomic E-state index is 1.17. The van der Waals surface area contributed by atoms with E-state index in [1.807, 2.05) is 0 Å². The molecule has 2 aromatic carbocycles. The predicted molar refractivity (Wildman–Crippen MR) is 119 cm³/mol. The van der Waals surface area contributed by atoms with Crippen LogP contribution in [-0.4, -0.2) is 0 Å². The molecule has 0 nitrogen and oxygen atoms in total. The Kier molecular flexibility index (Phi) is 4.07. The lowest BCUT2D eigenvalue weighted by molar-refractivity contribution is 0.677. The van der Waals surface area contributed by atoms with Gasteiger partial charge in [0, 0.05) is 0 Å². The van der Waals surface area contributed by atoms with E-state index >= 15 is 0 Å². The van der Waals surface area contributed by atoms with E-state index < -0.39 is 0 Å². The fraction of sp³-hybridized carbons (Fsp3) is 0.429. The lowest BCUT2D eigenvalue weighted by Gasteiger charge is -2.23. The molecule has 0 saturated carbocycles. The van der Waals surface area contributed by atoms with Gasteiger partial charge in [0.25, 0.3) is 0 Å². The molecule has 0 bridgehead atoms. The minimum atomic E-state index is 1.17. The monoisotopic (exact) mass is 366 g/mol. The highest BCUT2D eigenvalue weighted by atomic mass is 14.3. The molecule has 0 heteroatoms. The molecule has 4 aliphatic carbocycles. The van der Waals surface area contributed by atoms with E-state index in [1.165, 1.54) is 77.0 Å². The summed E-state index contributed by atoms with van der Waals surface area (Å²) in [6.45, 7) is 0. The van der Waals surface area contributed by atoms with E-state index in [2.05, 4.69) is 36.4 Å². The molecule has 4 aliphatic rings. The molecular weight excluding hydrogens is 336 g/mol. The number of aryl methyl sites for hydroxylation is 4. The lowest BCUT2D eigenvalue weighted by atomic mass is 9.81. The fourth-order valence-corrected chi connectivity index (χ4v) is 6.31. The molecule has 0 saturated heterocycles. The highest BCUT2D eigenvalue weighted by molar-refractivity contribution is 5.69. The van der Waals surface area contributed by atoms with Gasteiger partial charge in [-0.2, -0.15) is 0 Å². The Morgan fingerprint density at radius 3 is 1.50 bits per heavy atom. The van der Waals surface area contributed by atoms with Gasteiger partial charge >= 0.3 is 0 Å². The molecule has 0 unspecified atom stereocenters. The molecule has 142 valence electrons. The molecule has 0 atom stereocenters. The Hall–Kier alpha value is -2.08. The fourth-order valence-electron chi connectivity index (χ4n) is 6.31. The lowest BCUT2D eigenvalue weighted by Crippen LogP contribution is -2.11. The van der Waals surface area contributed by atoms with Crippen molar-refractivity contribution in [2.75, 3.05) is 0 Å². The normalized spacial score (nSPS) is 18.7. The zero-order valence-electron chi connectivity index (χ0n) is 16.9. The Morgan fingerprint density at radius 2 is 1.00 bits per heavy atom. The number of hydrogen-bond donors (Lipinski definition) is 0. The Morgan fingerprint density at radius 1 is 0.536 bits per heavy atom. The van der Waals surface area contributed by atoms with Crippen LogP contribution >= 0.6 is 0 Å². The summed E-state index contributed by atoms with van der Waals surface area (Å²) in [4.78, 5) is 0. The maximum atomic E-state index is 2.58. The molecule has 0 heterocycles. The van der Waals surface area contributed by atoms with Crippen molar-refractivity contribution in [2.24, 2.45) is 0 Å². The second kappa shape index (κ2) is 6.76. The highest BCUT2D eigenvalue weighted by Crippen LogP contribution is 2.37. The molecule has 0 radical (unpaired) electrons. The summed E-state index contributed by atoms with van der Waals surface area (Å²) in [5, 5.41) is 0. The molecule has 0 N–H and O–H groups in total. The maximum absolute atomic E-state index is 2.58. The average Bonchev–Trinajstić information content (AvgIpc) is 3.42. The van der Waals surface area contributed by atoms with E-state index in [0.29, 0.717) is 0 Å². The number of allylic oxidation sites excluding steroid dienone is 2. The van der Waals surface area contributed by atoms with Crippen LogP contribution < -0.4 is 0 Å². The first kappa shape index (κ1) is 16.8. The summed E-state index contributed by atoms with van der Waals surface area (Å²) in [6.07, 6.45) is 25.1. The summed E-state index contributed by atoms with van der Waals surface area (Å²) in [6, 6.07) is 5.16. The first-order valence-corrected chi connectivity index (χ1v) is 11.5. The van der Waals surface area contributed by atoms with E-state index in [1.54, 1.807) is 55.6 Å². The quantitative estimate of drug-likeness (QED) is 0.592. The zero-order valence-corrected chi connectivity index (χ0v) is 16.9. The van der Waals surface area contributed by atoms with E-state index in [-0.39, 0.29) is 0 Å². The number of hydrogen-bond acceptors (Lipinski definition) is 0. The van der Waals surface area contributed by atoms with Gasteiger partial charge in [0.1, 0.15) is 0 Å². The number of benzene rings is 2. The first-order valence-electron chi connectivity index (χ1n) is 11.5. The predicted octanol–water partition coefficient (Wildman–Crippen LogP) is 6.37. The van der Waals surface area contributed by atoms with Gasteiger partial charge in [0.15, 0.2) is 0 Å². The van der Waals surface area contributed by atoms with Crippen LogP contribution in [0.15, 0.2) is 24.3 Å². The molecule has 6 rings (SSSR count). The topological polar surface area (TPSA) is 0 Å². The van der Waals surface area contributed by atoms with E-state index in [9.17, 15) is 0 Å². The SMILES string of the molecule is C1=Cc2c(CCc3cc4c(c5c3C=CC5)CCCC4)cc3c(c2C1)CCCC3. The Labute approximate surface area is 169 Å². The molecule has 0 amide bonds. The summed E-state index contributed by atoms with van der Waals surface area (Å²) in [5.74, 6) is 0. The van der Waals surface area contributed by atoms with Crippen LogP contribution in [0.1, 0.15) is 81.3 Å². The van der Waals surface area contributed by atoms with Gasteiger partial charge in [0.2, 0.25) is 0 Å².